The Morgan fingerprint density at radius 1 is 1.33 bits per heavy atom. The van der Waals surface area contributed by atoms with Gasteiger partial charge in [0.15, 0.2) is 0 Å². The highest BCUT2D eigenvalue weighted by Crippen LogP contribution is 2.25. The van der Waals surface area contributed by atoms with Crippen LogP contribution in [0.5, 0.6) is 5.75 Å². The summed E-state index contributed by atoms with van der Waals surface area (Å²) in [5, 5.41) is 0. The molecule has 1 aliphatic heterocycles. The molecule has 1 aliphatic rings. The molecule has 2 rings (SSSR count). The molecule has 1 aromatic carbocycles. The summed E-state index contributed by atoms with van der Waals surface area (Å²) >= 11 is 1.91. The van der Waals surface area contributed by atoms with Gasteiger partial charge in [0.2, 0.25) is 0 Å². The fraction of sp³-hybridized carbons (Fsp3) is 0.571. The average molecular weight is 267 g/mol. The lowest BCUT2D eigenvalue weighted by molar-refractivity contribution is 0.0569. The fourth-order valence-corrected chi connectivity index (χ4v) is 2.89. The van der Waals surface area contributed by atoms with Crippen LogP contribution in [0.15, 0.2) is 24.3 Å². The van der Waals surface area contributed by atoms with Crippen LogP contribution in [0.1, 0.15) is 25.5 Å². The summed E-state index contributed by atoms with van der Waals surface area (Å²) < 4.78 is 11.3. The van der Waals surface area contributed by atoms with Crippen molar-refractivity contribution < 1.29 is 9.47 Å². The second-order valence-electron chi connectivity index (χ2n) is 4.75. The number of nitrogens with two attached hydrogens (primary N) is 1. The minimum Gasteiger partial charge on any atom is -0.491 e. The molecule has 100 valence electrons. The van der Waals surface area contributed by atoms with E-state index in [1.165, 1.54) is 0 Å². The fourth-order valence-electron chi connectivity index (χ4n) is 1.97. The van der Waals surface area contributed by atoms with E-state index < -0.39 is 0 Å². The number of hydrogen-bond donors (Lipinski definition) is 1. The van der Waals surface area contributed by atoms with Crippen LogP contribution in [0.2, 0.25) is 0 Å². The zero-order chi connectivity index (χ0) is 13.0. The first kappa shape index (κ1) is 13.7. The highest BCUT2D eigenvalue weighted by Gasteiger charge is 2.22. The highest BCUT2D eigenvalue weighted by molar-refractivity contribution is 7.99. The first-order valence-electron chi connectivity index (χ1n) is 6.38. The molecular formula is C14H21NO2S. The van der Waals surface area contributed by atoms with Gasteiger partial charge in [-0.25, -0.2) is 0 Å². The van der Waals surface area contributed by atoms with Crippen LogP contribution in [0, 0.1) is 0 Å². The maximum absolute atomic E-state index is 6.24. The smallest absolute Gasteiger partial charge is 0.119 e. The van der Waals surface area contributed by atoms with Crippen molar-refractivity contribution in [2.24, 2.45) is 5.73 Å². The molecule has 0 radical (unpaired) electrons. The minimum absolute atomic E-state index is 0.0501. The van der Waals surface area contributed by atoms with Crippen LogP contribution >= 0.6 is 11.8 Å². The Morgan fingerprint density at radius 3 is 2.61 bits per heavy atom. The van der Waals surface area contributed by atoms with Gasteiger partial charge >= 0.3 is 0 Å². The molecule has 1 saturated heterocycles. The maximum Gasteiger partial charge on any atom is 0.119 e. The molecule has 0 saturated carbocycles. The van der Waals surface area contributed by atoms with Gasteiger partial charge in [-0.3, -0.25) is 0 Å². The minimum atomic E-state index is -0.0501. The molecule has 0 spiro atoms. The van der Waals surface area contributed by atoms with Crippen LogP contribution in [-0.2, 0) is 4.74 Å². The molecule has 1 aromatic rings. The Balaban J connectivity index is 1.99. The van der Waals surface area contributed by atoms with E-state index in [4.69, 9.17) is 15.2 Å². The third kappa shape index (κ3) is 3.64. The predicted molar refractivity (Wildman–Crippen MR) is 76.2 cm³/mol. The molecular weight excluding hydrogens is 246 g/mol. The lowest BCUT2D eigenvalue weighted by Crippen LogP contribution is -2.34. The van der Waals surface area contributed by atoms with E-state index in [2.05, 4.69) is 0 Å². The number of rotatable bonds is 4. The van der Waals surface area contributed by atoms with Gasteiger partial charge in [-0.15, -0.1) is 0 Å². The summed E-state index contributed by atoms with van der Waals surface area (Å²) in [4.78, 5) is 0. The standard InChI is InChI=1S/C14H21NO2S/c1-10(2)17-12-5-3-11(4-6-12)14(15)13-9-18-8-7-16-13/h3-6,10,13-14H,7-9,15H2,1-2H3. The van der Waals surface area contributed by atoms with Crippen molar-refractivity contribution in [1.29, 1.82) is 0 Å². The molecule has 18 heavy (non-hydrogen) atoms. The second kappa shape index (κ2) is 6.45. The Hall–Kier alpha value is -0.710. The Kier molecular flexibility index (Phi) is 4.92. The van der Waals surface area contributed by atoms with Crippen LogP contribution < -0.4 is 10.5 Å². The molecule has 0 amide bonds. The van der Waals surface area contributed by atoms with Crippen molar-refractivity contribution in [3.05, 3.63) is 29.8 Å². The first-order valence-corrected chi connectivity index (χ1v) is 7.54. The normalized spacial score (nSPS) is 21.9. The number of thioether (sulfide) groups is 1. The lowest BCUT2D eigenvalue weighted by Gasteiger charge is -2.28. The van der Waals surface area contributed by atoms with E-state index >= 15 is 0 Å². The molecule has 0 bridgehead atoms. The second-order valence-corrected chi connectivity index (χ2v) is 5.90. The highest BCUT2D eigenvalue weighted by atomic mass is 32.2. The van der Waals surface area contributed by atoms with Crippen molar-refractivity contribution in [1.82, 2.24) is 0 Å². The van der Waals surface area contributed by atoms with E-state index in [9.17, 15) is 0 Å². The van der Waals surface area contributed by atoms with Gasteiger partial charge in [-0.1, -0.05) is 12.1 Å². The number of benzene rings is 1. The van der Waals surface area contributed by atoms with E-state index in [0.29, 0.717) is 0 Å². The van der Waals surface area contributed by atoms with Gasteiger partial charge in [0.25, 0.3) is 0 Å². The molecule has 2 N–H and O–H groups in total. The van der Waals surface area contributed by atoms with Crippen LogP contribution in [0.3, 0.4) is 0 Å². The van der Waals surface area contributed by atoms with Crippen molar-refractivity contribution in [3.63, 3.8) is 0 Å². The van der Waals surface area contributed by atoms with Crippen LogP contribution in [0.4, 0.5) is 0 Å². The topological polar surface area (TPSA) is 44.5 Å². The molecule has 1 heterocycles. The largest absolute Gasteiger partial charge is 0.491 e. The Morgan fingerprint density at radius 2 is 2.06 bits per heavy atom. The molecule has 2 atom stereocenters. The third-order valence-electron chi connectivity index (χ3n) is 2.88. The van der Waals surface area contributed by atoms with Gasteiger partial charge < -0.3 is 15.2 Å². The molecule has 1 fully saturated rings. The summed E-state index contributed by atoms with van der Waals surface area (Å²) in [5.74, 6) is 2.94. The SMILES string of the molecule is CC(C)Oc1ccc(C(N)C2CSCCO2)cc1. The van der Waals surface area contributed by atoms with Gasteiger partial charge in [-0.2, -0.15) is 11.8 Å². The van der Waals surface area contributed by atoms with Crippen molar-refractivity contribution >= 4 is 11.8 Å². The van der Waals surface area contributed by atoms with E-state index in [1.54, 1.807) is 0 Å². The van der Waals surface area contributed by atoms with E-state index in [1.807, 2.05) is 49.9 Å². The third-order valence-corrected chi connectivity index (χ3v) is 3.90. The quantitative estimate of drug-likeness (QED) is 0.910. The van der Waals surface area contributed by atoms with Crippen molar-refractivity contribution in [2.45, 2.75) is 32.1 Å². The van der Waals surface area contributed by atoms with Crippen LogP contribution in [0.25, 0.3) is 0 Å². The van der Waals surface area contributed by atoms with Crippen molar-refractivity contribution in [3.8, 4) is 5.75 Å². The molecule has 0 aromatic heterocycles. The first-order chi connectivity index (χ1) is 8.66. The zero-order valence-corrected chi connectivity index (χ0v) is 11.8. The average Bonchev–Trinajstić information content (AvgIpc) is 2.39. The summed E-state index contributed by atoms with van der Waals surface area (Å²) in [6.45, 7) is 4.84. The lowest BCUT2D eigenvalue weighted by atomic mass is 10.0. The number of hydrogen-bond acceptors (Lipinski definition) is 4. The Bertz CT molecular complexity index is 361. The monoisotopic (exact) mass is 267 g/mol. The van der Waals surface area contributed by atoms with Crippen LogP contribution in [-0.4, -0.2) is 30.3 Å². The van der Waals surface area contributed by atoms with Gasteiger partial charge in [0, 0.05) is 11.5 Å². The molecule has 2 unspecified atom stereocenters. The van der Waals surface area contributed by atoms with Crippen molar-refractivity contribution in [2.75, 3.05) is 18.1 Å². The van der Waals surface area contributed by atoms with Gasteiger partial charge in [-0.05, 0) is 31.5 Å². The maximum atomic E-state index is 6.24. The molecule has 4 heteroatoms. The predicted octanol–water partition coefficient (Wildman–Crippen LogP) is 2.61. The van der Waals surface area contributed by atoms with E-state index in [-0.39, 0.29) is 18.2 Å². The summed E-state index contributed by atoms with van der Waals surface area (Å²) in [6, 6.07) is 7.97. The Labute approximate surface area is 113 Å². The molecule has 0 aliphatic carbocycles. The van der Waals surface area contributed by atoms with Gasteiger partial charge in [0.1, 0.15) is 5.75 Å². The summed E-state index contributed by atoms with van der Waals surface area (Å²) in [5.41, 5.74) is 7.35. The summed E-state index contributed by atoms with van der Waals surface area (Å²) in [6.07, 6.45) is 0.322. The number of ether oxygens (including phenoxy) is 2. The van der Waals surface area contributed by atoms with Gasteiger partial charge in [0.05, 0.1) is 24.9 Å². The zero-order valence-electron chi connectivity index (χ0n) is 11.0. The van der Waals surface area contributed by atoms with E-state index in [0.717, 1.165) is 29.4 Å². The summed E-state index contributed by atoms with van der Waals surface area (Å²) in [7, 11) is 0. The molecule has 3 nitrogen and oxygen atoms in total.